The second-order valence-corrected chi connectivity index (χ2v) is 15.0. The molecule has 7 heteroatoms. The fourth-order valence-electron chi connectivity index (χ4n) is 6.43. The number of nitrogens with zero attached hydrogens (tertiary/aromatic N) is 2. The van der Waals surface area contributed by atoms with E-state index in [9.17, 15) is 4.79 Å². The van der Waals surface area contributed by atoms with Crippen LogP contribution in [0.5, 0.6) is 0 Å². The number of hydrogen-bond donors (Lipinski definition) is 2. The van der Waals surface area contributed by atoms with Crippen LogP contribution in [0.2, 0.25) is 0 Å². The minimum absolute atomic E-state index is 0.210. The summed E-state index contributed by atoms with van der Waals surface area (Å²) < 4.78 is 0. The van der Waals surface area contributed by atoms with Crippen molar-refractivity contribution < 1.29 is 4.79 Å². The van der Waals surface area contributed by atoms with Gasteiger partial charge in [0.15, 0.2) is 0 Å². The van der Waals surface area contributed by atoms with Crippen LogP contribution >= 0.6 is 22.7 Å². The number of rotatable bonds is 12. The van der Waals surface area contributed by atoms with Crippen LogP contribution in [-0.2, 0) is 4.79 Å². The molecule has 0 saturated carbocycles. The van der Waals surface area contributed by atoms with Crippen LogP contribution in [0.25, 0.3) is 42.7 Å². The summed E-state index contributed by atoms with van der Waals surface area (Å²) in [7, 11) is 0. The van der Waals surface area contributed by atoms with Crippen LogP contribution in [0.4, 0.5) is 0 Å². The highest BCUT2D eigenvalue weighted by Crippen LogP contribution is 2.39. The number of carbonyl (C=O) groups is 1. The number of thiophene rings is 2. The molecular formula is C41H42N4OS2. The number of fused-ring (bicyclic) bond motifs is 2. The van der Waals surface area contributed by atoms with Crippen LogP contribution in [0, 0.1) is 24.7 Å². The van der Waals surface area contributed by atoms with Gasteiger partial charge in [0.2, 0.25) is 0 Å². The summed E-state index contributed by atoms with van der Waals surface area (Å²) in [5.41, 5.74) is 9.03. The summed E-state index contributed by atoms with van der Waals surface area (Å²) in [6.07, 6.45) is 3.38. The van der Waals surface area contributed by atoms with Crippen molar-refractivity contribution in [1.82, 2.24) is 9.97 Å². The molecule has 0 fully saturated rings. The zero-order valence-electron chi connectivity index (χ0n) is 28.5. The molecule has 0 aliphatic rings. The van der Waals surface area contributed by atoms with Crippen LogP contribution in [0.3, 0.4) is 0 Å². The first-order chi connectivity index (χ1) is 23.1. The molecule has 2 atom stereocenters. The van der Waals surface area contributed by atoms with Gasteiger partial charge in [-0.05, 0) is 86.3 Å². The van der Waals surface area contributed by atoms with Gasteiger partial charge in [-0.15, -0.1) is 22.7 Å². The summed E-state index contributed by atoms with van der Waals surface area (Å²) >= 11 is 3.33. The molecule has 0 spiro atoms. The Labute approximate surface area is 291 Å². The number of aromatic nitrogens is 2. The zero-order valence-corrected chi connectivity index (χ0v) is 30.2. The highest BCUT2D eigenvalue weighted by atomic mass is 32.1. The largest absolute Gasteiger partial charge is 0.305 e. The Bertz CT molecular complexity index is 2040. The third kappa shape index (κ3) is 6.67. The molecule has 5 nitrogen and oxygen atoms in total. The predicted octanol–water partition coefficient (Wildman–Crippen LogP) is 11.7. The van der Waals surface area contributed by atoms with Gasteiger partial charge in [0.25, 0.3) is 0 Å². The topological polar surface area (TPSA) is 90.5 Å². The monoisotopic (exact) mass is 670 g/mol. The maximum Gasteiger partial charge on any atom is 0.148 e. The number of carbonyl (C=O) groups excluding carboxylic acids is 1. The molecule has 0 saturated heterocycles. The lowest BCUT2D eigenvalue weighted by atomic mass is 9.93. The molecule has 48 heavy (non-hydrogen) atoms. The lowest BCUT2D eigenvalue weighted by Crippen LogP contribution is -2.14. The number of Topliss-reactive ketones (excluding diaryl/α,β-unsaturated/α-hetero) is 1. The lowest BCUT2D eigenvalue weighted by Gasteiger charge is -2.14. The van der Waals surface area contributed by atoms with E-state index >= 15 is 0 Å². The van der Waals surface area contributed by atoms with E-state index in [0.717, 1.165) is 101 Å². The maximum absolute atomic E-state index is 13.8. The summed E-state index contributed by atoms with van der Waals surface area (Å²) in [5, 5.41) is 19.1. The first kappa shape index (κ1) is 33.6. The average Bonchev–Trinajstić information content (AvgIpc) is 3.77. The Morgan fingerprint density at radius 1 is 0.646 bits per heavy atom. The Morgan fingerprint density at radius 2 is 1.06 bits per heavy atom. The Kier molecular flexibility index (Phi) is 9.81. The second kappa shape index (κ2) is 14.0. The zero-order chi connectivity index (χ0) is 34.1. The number of ketones is 1. The van der Waals surface area contributed by atoms with Gasteiger partial charge >= 0.3 is 0 Å². The normalized spacial score (nSPS) is 12.8. The SMILES string of the molecule is CCCC(=N)c1cc(C)nc2cc(-c3ccc(C(C)C(=O)C(C)c4ccc(-c5ccc6c(C(=N)CCC)cc(C)nc6c5)s4)s3)ccc12. The number of aryl methyl sites for hydroxylation is 2. The van der Waals surface area contributed by atoms with E-state index in [4.69, 9.17) is 20.8 Å². The summed E-state index contributed by atoms with van der Waals surface area (Å²) in [5.74, 6) is -0.242. The third-order valence-electron chi connectivity index (χ3n) is 9.06. The second-order valence-electron chi connectivity index (χ2n) is 12.8. The number of hydrogen-bond acceptors (Lipinski definition) is 7. The first-order valence-corrected chi connectivity index (χ1v) is 18.4. The fourth-order valence-corrected chi connectivity index (χ4v) is 8.56. The van der Waals surface area contributed by atoms with Crippen LogP contribution in [0.15, 0.2) is 72.8 Å². The van der Waals surface area contributed by atoms with Crippen molar-refractivity contribution >= 4 is 61.7 Å². The number of pyridine rings is 2. The Balaban J connectivity index is 1.21. The molecular weight excluding hydrogens is 629 g/mol. The maximum atomic E-state index is 13.8. The number of benzene rings is 2. The van der Waals surface area contributed by atoms with Gasteiger partial charge in [0.05, 0.1) is 11.0 Å². The molecule has 0 aliphatic heterocycles. The molecule has 0 aliphatic carbocycles. The van der Waals surface area contributed by atoms with Crippen LogP contribution < -0.4 is 0 Å². The van der Waals surface area contributed by atoms with E-state index in [0.29, 0.717) is 11.4 Å². The molecule has 2 unspecified atom stereocenters. The van der Waals surface area contributed by atoms with Gasteiger partial charge in [-0.25, -0.2) is 0 Å². The van der Waals surface area contributed by atoms with E-state index in [1.807, 2.05) is 39.8 Å². The van der Waals surface area contributed by atoms with Gasteiger partial charge in [-0.3, -0.25) is 14.8 Å². The van der Waals surface area contributed by atoms with E-state index in [2.05, 4.69) is 74.5 Å². The van der Waals surface area contributed by atoms with E-state index in [-0.39, 0.29) is 17.6 Å². The standard InChI is InChI=1S/C41H42N4OS2/c1-7-9-33(42)31-19-23(3)44-35-21-27(11-13-29(31)35)39-17-15-37(47-39)25(5)41(46)26(6)38-16-18-40(48-38)28-12-14-30-32(34(43)10-8-2)20-24(4)45-36(30)22-28/h11-22,25-26,42-43H,7-10H2,1-6H3. The highest BCUT2D eigenvalue weighted by Gasteiger charge is 2.26. The summed E-state index contributed by atoms with van der Waals surface area (Å²) in [4.78, 5) is 27.7. The van der Waals surface area contributed by atoms with Crippen LogP contribution in [-0.4, -0.2) is 27.2 Å². The van der Waals surface area contributed by atoms with Gasteiger partial charge < -0.3 is 10.8 Å². The molecule has 6 aromatic rings. The van der Waals surface area contributed by atoms with Crippen molar-refractivity contribution in [3.05, 3.63) is 105 Å². The van der Waals surface area contributed by atoms with Crippen molar-refractivity contribution in [3.8, 4) is 20.9 Å². The minimum Gasteiger partial charge on any atom is -0.305 e. The minimum atomic E-state index is -0.226. The number of nitrogens with one attached hydrogen (secondary N) is 2. The molecule has 0 amide bonds. The predicted molar refractivity (Wildman–Crippen MR) is 205 cm³/mol. The fraction of sp³-hybridized carbons (Fsp3) is 0.293. The van der Waals surface area contributed by atoms with E-state index in [1.165, 1.54) is 0 Å². The third-order valence-corrected chi connectivity index (χ3v) is 11.7. The lowest BCUT2D eigenvalue weighted by molar-refractivity contribution is -0.121. The quantitative estimate of drug-likeness (QED) is 0.127. The first-order valence-electron chi connectivity index (χ1n) is 16.8. The van der Waals surface area contributed by atoms with Gasteiger partial charge in [-0.1, -0.05) is 64.8 Å². The Morgan fingerprint density at radius 3 is 1.46 bits per heavy atom. The smallest absolute Gasteiger partial charge is 0.148 e. The van der Waals surface area contributed by atoms with E-state index < -0.39 is 0 Å². The highest BCUT2D eigenvalue weighted by molar-refractivity contribution is 7.16. The summed E-state index contributed by atoms with van der Waals surface area (Å²) in [6, 6.07) is 25.1. The Hall–Kier alpha value is -4.33. The van der Waals surface area contributed by atoms with Gasteiger partial charge in [0.1, 0.15) is 5.78 Å². The molecule has 0 bridgehead atoms. The van der Waals surface area contributed by atoms with Gasteiger partial charge in [-0.2, -0.15) is 0 Å². The van der Waals surface area contributed by atoms with Crippen molar-refractivity contribution in [2.75, 3.05) is 0 Å². The van der Waals surface area contributed by atoms with Crippen molar-refractivity contribution in [2.24, 2.45) is 0 Å². The average molecular weight is 671 g/mol. The molecule has 4 heterocycles. The molecule has 6 rings (SSSR count). The van der Waals surface area contributed by atoms with Crippen molar-refractivity contribution in [3.63, 3.8) is 0 Å². The molecule has 0 radical (unpaired) electrons. The van der Waals surface area contributed by atoms with Gasteiger partial charge in [0, 0.05) is 76.1 Å². The molecule has 2 aromatic carbocycles. The van der Waals surface area contributed by atoms with Crippen molar-refractivity contribution in [2.45, 2.75) is 79.1 Å². The summed E-state index contributed by atoms with van der Waals surface area (Å²) in [6.45, 7) is 12.2. The van der Waals surface area contributed by atoms with Crippen molar-refractivity contribution in [1.29, 1.82) is 10.8 Å². The van der Waals surface area contributed by atoms with E-state index in [1.54, 1.807) is 22.7 Å². The molecule has 2 N–H and O–H groups in total. The molecule has 244 valence electrons. The van der Waals surface area contributed by atoms with Crippen LogP contribution in [0.1, 0.15) is 97.5 Å². The molecule has 4 aromatic heterocycles.